The molecule has 0 atom stereocenters. The van der Waals surface area contributed by atoms with E-state index in [0.29, 0.717) is 11.1 Å². The Morgan fingerprint density at radius 2 is 1.50 bits per heavy atom. The molecular weight excluding hydrogens is 358 g/mol. The summed E-state index contributed by atoms with van der Waals surface area (Å²) in [5, 5.41) is 30.6. The minimum atomic E-state index is -0.603. The van der Waals surface area contributed by atoms with Gasteiger partial charge in [0, 0.05) is 23.3 Å². The summed E-state index contributed by atoms with van der Waals surface area (Å²) in [5.41, 5.74) is 0.891. The number of hydrogen-bond acceptors (Lipinski definition) is 6. The van der Waals surface area contributed by atoms with E-state index in [2.05, 4.69) is 10.2 Å². The average molecular weight is 372 g/mol. The molecular formula is C21H14N3O4-. The van der Waals surface area contributed by atoms with Gasteiger partial charge < -0.3 is 5.11 Å². The summed E-state index contributed by atoms with van der Waals surface area (Å²) in [4.78, 5) is 23.1. The molecule has 0 spiro atoms. The Balaban J connectivity index is 1.98. The quantitative estimate of drug-likeness (QED) is 0.286. The lowest BCUT2D eigenvalue weighted by molar-refractivity contribution is -0.385. The summed E-state index contributed by atoms with van der Waals surface area (Å²) in [6.07, 6.45) is 1.11. The maximum atomic E-state index is 12.8. The van der Waals surface area contributed by atoms with E-state index in [1.807, 2.05) is 6.07 Å². The highest BCUT2D eigenvalue weighted by Crippen LogP contribution is 2.19. The predicted molar refractivity (Wildman–Crippen MR) is 104 cm³/mol. The second-order valence-electron chi connectivity index (χ2n) is 5.73. The van der Waals surface area contributed by atoms with Gasteiger partial charge in [-0.15, -0.1) is 5.10 Å². The molecule has 3 rings (SSSR count). The van der Waals surface area contributed by atoms with Crippen LogP contribution in [0.4, 0.5) is 5.69 Å². The number of nitro benzene ring substituents is 1. The van der Waals surface area contributed by atoms with Crippen molar-refractivity contribution in [2.75, 3.05) is 0 Å². The fourth-order valence-electron chi connectivity index (χ4n) is 2.46. The van der Waals surface area contributed by atoms with Crippen molar-refractivity contribution in [1.82, 2.24) is 0 Å². The van der Waals surface area contributed by atoms with Gasteiger partial charge in [-0.25, -0.2) is 0 Å². The van der Waals surface area contributed by atoms with Crippen molar-refractivity contribution in [3.05, 3.63) is 106 Å². The summed E-state index contributed by atoms with van der Waals surface area (Å²) in [5.74, 6) is -0.759. The van der Waals surface area contributed by atoms with Crippen LogP contribution in [-0.4, -0.2) is 22.6 Å². The molecule has 7 heteroatoms. The summed E-state index contributed by atoms with van der Waals surface area (Å²) >= 11 is 0. The first-order chi connectivity index (χ1) is 13.6. The number of non-ortho nitro benzene ring substituents is 1. The van der Waals surface area contributed by atoms with Gasteiger partial charge in [0.05, 0.1) is 11.1 Å². The first kappa shape index (κ1) is 18.7. The third-order valence-electron chi connectivity index (χ3n) is 3.86. The normalized spacial score (nSPS) is 11.5. The lowest BCUT2D eigenvalue weighted by atomic mass is 10.0. The van der Waals surface area contributed by atoms with Crippen molar-refractivity contribution in [1.29, 1.82) is 0 Å². The van der Waals surface area contributed by atoms with Gasteiger partial charge in [0.1, 0.15) is 5.71 Å². The van der Waals surface area contributed by atoms with Crippen molar-refractivity contribution in [2.24, 2.45) is 10.2 Å². The van der Waals surface area contributed by atoms with Crippen LogP contribution in [0.2, 0.25) is 0 Å². The zero-order chi connectivity index (χ0) is 19.9. The minimum Gasteiger partial charge on any atom is -0.872 e. The fourth-order valence-corrected chi connectivity index (χ4v) is 2.46. The number of ketones is 1. The Morgan fingerprint density at radius 1 is 0.893 bits per heavy atom. The molecule has 0 aliphatic carbocycles. The second-order valence-corrected chi connectivity index (χ2v) is 5.73. The van der Waals surface area contributed by atoms with E-state index in [4.69, 9.17) is 0 Å². The highest BCUT2D eigenvalue weighted by Gasteiger charge is 2.16. The monoisotopic (exact) mass is 372 g/mol. The van der Waals surface area contributed by atoms with Crippen LogP contribution in [0.1, 0.15) is 21.5 Å². The molecule has 3 aromatic carbocycles. The maximum absolute atomic E-state index is 12.8. The van der Waals surface area contributed by atoms with Crippen LogP contribution in [0.15, 0.2) is 89.1 Å². The van der Waals surface area contributed by atoms with Gasteiger partial charge >= 0.3 is 0 Å². The molecule has 0 N–H and O–H groups in total. The van der Waals surface area contributed by atoms with E-state index < -0.39 is 10.7 Å². The predicted octanol–water partition coefficient (Wildman–Crippen LogP) is 3.37. The smallest absolute Gasteiger partial charge is 0.270 e. The SMILES string of the molecule is O=C(/C(=N\N=C/c1cc([N+](=O)[O-])ccc1[O-])c1ccccc1)c1ccccc1. The molecule has 3 aromatic rings. The number of hydrogen-bond donors (Lipinski definition) is 0. The van der Waals surface area contributed by atoms with Crippen LogP contribution in [0.5, 0.6) is 5.75 Å². The van der Waals surface area contributed by atoms with Gasteiger partial charge in [0.15, 0.2) is 0 Å². The van der Waals surface area contributed by atoms with Gasteiger partial charge in [-0.05, 0) is 5.56 Å². The first-order valence-electron chi connectivity index (χ1n) is 8.28. The number of nitrogens with zero attached hydrogens (tertiary/aromatic N) is 3. The Kier molecular flexibility index (Phi) is 5.66. The minimum absolute atomic E-state index is 0.0116. The largest absolute Gasteiger partial charge is 0.872 e. The number of nitro groups is 1. The molecule has 7 nitrogen and oxygen atoms in total. The number of rotatable bonds is 6. The highest BCUT2D eigenvalue weighted by molar-refractivity contribution is 6.51. The van der Waals surface area contributed by atoms with E-state index in [9.17, 15) is 20.0 Å². The lowest BCUT2D eigenvalue weighted by Crippen LogP contribution is -2.15. The maximum Gasteiger partial charge on any atom is 0.270 e. The Labute approximate surface area is 160 Å². The van der Waals surface area contributed by atoms with Crippen LogP contribution >= 0.6 is 0 Å². The van der Waals surface area contributed by atoms with Gasteiger partial charge in [-0.1, -0.05) is 72.5 Å². The molecule has 28 heavy (non-hydrogen) atoms. The molecule has 0 saturated carbocycles. The Hall–Kier alpha value is -4.13. The van der Waals surface area contributed by atoms with Gasteiger partial charge in [0.25, 0.3) is 5.69 Å². The first-order valence-corrected chi connectivity index (χ1v) is 8.28. The number of carbonyl (C=O) groups is 1. The van der Waals surface area contributed by atoms with Gasteiger partial charge in [0.2, 0.25) is 5.78 Å². The van der Waals surface area contributed by atoms with Crippen molar-refractivity contribution in [3.8, 4) is 5.75 Å². The van der Waals surface area contributed by atoms with Crippen molar-refractivity contribution in [3.63, 3.8) is 0 Å². The van der Waals surface area contributed by atoms with Gasteiger partial charge in [-0.2, -0.15) is 5.10 Å². The van der Waals surface area contributed by atoms with Crippen molar-refractivity contribution >= 4 is 23.4 Å². The molecule has 0 aliphatic heterocycles. The van der Waals surface area contributed by atoms with Crippen LogP contribution in [0, 0.1) is 10.1 Å². The van der Waals surface area contributed by atoms with E-state index in [1.165, 1.54) is 0 Å². The molecule has 0 fully saturated rings. The summed E-state index contributed by atoms with van der Waals surface area (Å²) in [6.45, 7) is 0. The van der Waals surface area contributed by atoms with Crippen LogP contribution in [0.3, 0.4) is 0 Å². The molecule has 0 aliphatic rings. The van der Waals surface area contributed by atoms with Crippen molar-refractivity contribution in [2.45, 2.75) is 0 Å². The summed E-state index contributed by atoms with van der Waals surface area (Å²) < 4.78 is 0. The Bertz CT molecular complexity index is 1060. The molecule has 0 aromatic heterocycles. The van der Waals surface area contributed by atoms with Gasteiger partial charge in [-0.3, -0.25) is 14.9 Å². The summed E-state index contributed by atoms with van der Waals surface area (Å²) in [7, 11) is 0. The Morgan fingerprint density at radius 3 is 2.11 bits per heavy atom. The number of carbonyl (C=O) groups excluding carboxylic acids is 1. The molecule has 0 amide bonds. The standard InChI is InChI=1S/C21H15N3O4/c25-19-12-11-18(24(27)28)13-17(19)14-22-23-20(15-7-3-1-4-8-15)21(26)16-9-5-2-6-10-16/h1-14,25H/p-1/b22-14-,23-20-. The zero-order valence-electron chi connectivity index (χ0n) is 14.6. The van der Waals surface area contributed by atoms with E-state index in [0.717, 1.165) is 24.4 Å². The molecule has 0 unspecified atom stereocenters. The van der Waals surface area contributed by atoms with Crippen molar-refractivity contribution < 1.29 is 14.8 Å². The van der Waals surface area contributed by atoms with E-state index in [1.54, 1.807) is 54.6 Å². The topological polar surface area (TPSA) is 108 Å². The molecule has 0 saturated heterocycles. The zero-order valence-corrected chi connectivity index (χ0v) is 14.6. The van der Waals surface area contributed by atoms with E-state index in [-0.39, 0.29) is 22.7 Å². The number of Topliss-reactive ketones (excluding diaryl/α,β-unsaturated/α-hetero) is 1. The molecule has 138 valence electrons. The van der Waals surface area contributed by atoms with Crippen LogP contribution in [-0.2, 0) is 0 Å². The van der Waals surface area contributed by atoms with Crippen LogP contribution in [0.25, 0.3) is 0 Å². The third-order valence-corrected chi connectivity index (χ3v) is 3.86. The molecule has 0 bridgehead atoms. The van der Waals surface area contributed by atoms with E-state index >= 15 is 0 Å². The average Bonchev–Trinajstić information content (AvgIpc) is 2.73. The molecule has 0 radical (unpaired) electrons. The summed E-state index contributed by atoms with van der Waals surface area (Å²) in [6, 6.07) is 20.7. The number of benzene rings is 3. The third kappa shape index (κ3) is 4.34. The fraction of sp³-hybridized carbons (Fsp3) is 0. The second kappa shape index (κ2) is 8.50. The highest BCUT2D eigenvalue weighted by atomic mass is 16.6. The lowest BCUT2D eigenvalue weighted by Gasteiger charge is -2.08. The molecule has 0 heterocycles. The van der Waals surface area contributed by atoms with Crippen LogP contribution < -0.4 is 5.11 Å².